The first-order chi connectivity index (χ1) is 16.2. The molecule has 178 valence electrons. The maximum atomic E-state index is 11.5. The number of nitrogens with one attached hydrogen (secondary N) is 4. The Morgan fingerprint density at radius 2 is 1.32 bits per heavy atom. The molecule has 0 unspecified atom stereocenters. The molecule has 4 amide bonds. The number of hydrogen-bond donors (Lipinski definition) is 7. The van der Waals surface area contributed by atoms with Gasteiger partial charge in [0.15, 0.2) is 0 Å². The first-order valence-corrected chi connectivity index (χ1v) is 9.54. The molecular weight excluding hydrogens is 444 g/mol. The van der Waals surface area contributed by atoms with Gasteiger partial charge in [-0.1, -0.05) is 30.3 Å². The van der Waals surface area contributed by atoms with Crippen LogP contribution in [0.5, 0.6) is 0 Å². The molecule has 2 aromatic carbocycles. The second kappa shape index (κ2) is 14.4. The van der Waals surface area contributed by atoms with Crippen molar-refractivity contribution < 1.29 is 29.2 Å². The van der Waals surface area contributed by atoms with Gasteiger partial charge in [-0.2, -0.15) is 0 Å². The molecule has 0 aliphatic carbocycles. The lowest BCUT2D eigenvalue weighted by molar-refractivity contribution is -0.124. The smallest absolute Gasteiger partial charge is 0.306 e. The van der Waals surface area contributed by atoms with Crippen molar-refractivity contribution >= 4 is 41.6 Å². The number of nitrogens with two attached hydrogens (primary N) is 2. The summed E-state index contributed by atoms with van der Waals surface area (Å²) in [5.74, 6) is 6.93. The third-order valence-corrected chi connectivity index (χ3v) is 3.98. The van der Waals surface area contributed by atoms with E-state index < -0.39 is 23.5 Å². The van der Waals surface area contributed by atoms with Gasteiger partial charge in [-0.3, -0.25) is 40.0 Å². The lowest BCUT2D eigenvalue weighted by Gasteiger charge is -2.00. The highest BCUT2D eigenvalue weighted by Gasteiger charge is 2.14. The van der Waals surface area contributed by atoms with E-state index in [0.717, 1.165) is 6.08 Å². The van der Waals surface area contributed by atoms with Gasteiger partial charge >= 0.3 is 5.91 Å². The van der Waals surface area contributed by atoms with E-state index in [0.29, 0.717) is 16.7 Å². The number of benzene rings is 2. The molecule has 0 atom stereocenters. The zero-order valence-corrected chi connectivity index (χ0v) is 18.1. The number of likely N-dealkylation sites (N-methyl/N-ethyl adjacent to an activating group) is 1. The highest BCUT2D eigenvalue weighted by Crippen LogP contribution is 2.08. The van der Waals surface area contributed by atoms with Gasteiger partial charge in [-0.15, -0.1) is 0 Å². The van der Waals surface area contributed by atoms with Crippen LogP contribution >= 0.6 is 0 Å². The van der Waals surface area contributed by atoms with Crippen molar-refractivity contribution in [2.75, 3.05) is 7.05 Å². The number of Topliss-reactive ketones (excluding diaryl/α,β-unsaturated/α-hetero) is 1. The van der Waals surface area contributed by atoms with Gasteiger partial charge in [0.05, 0.1) is 0 Å². The molecule has 0 aromatic heterocycles. The molecule has 9 N–H and O–H groups in total. The second-order valence-corrected chi connectivity index (χ2v) is 6.28. The molecule has 0 aliphatic rings. The van der Waals surface area contributed by atoms with Gasteiger partial charge in [0, 0.05) is 30.3 Å². The first-order valence-electron chi connectivity index (χ1n) is 9.54. The molecule has 0 radical (unpaired) electrons. The standard InChI is InChI=1S/C12H13N3O3.C10H11N3O3/c1-14-10(16)6-5-8-3-2-4-9(7-8)11(17)12(18)15-13;11-12-10(15)8-3-1-2-7(6-8)4-5-9(14)13-16/h2-7H,13H2,1H3,(H,14,16)(H,15,18);1-6,16H,11H2,(H,12,15)(H,13,14)/b6-5+;5-4+. The Hall–Kier alpha value is -4.65. The highest BCUT2D eigenvalue weighted by molar-refractivity contribution is 6.42. The van der Waals surface area contributed by atoms with Crippen LogP contribution in [0.1, 0.15) is 31.8 Å². The Labute approximate surface area is 194 Å². The van der Waals surface area contributed by atoms with Crippen LogP contribution in [-0.2, 0) is 14.4 Å². The van der Waals surface area contributed by atoms with Crippen LogP contribution in [0.2, 0.25) is 0 Å². The number of rotatable bonds is 7. The van der Waals surface area contributed by atoms with E-state index >= 15 is 0 Å². The summed E-state index contributed by atoms with van der Waals surface area (Å²) >= 11 is 0. The van der Waals surface area contributed by atoms with Gasteiger partial charge < -0.3 is 5.32 Å². The molecule has 0 bridgehead atoms. The van der Waals surface area contributed by atoms with Crippen molar-refractivity contribution in [3.63, 3.8) is 0 Å². The van der Waals surface area contributed by atoms with E-state index in [1.165, 1.54) is 42.9 Å². The topological polar surface area (TPSA) is 206 Å². The predicted molar refractivity (Wildman–Crippen MR) is 123 cm³/mol. The number of hydroxylamine groups is 1. The molecule has 0 fully saturated rings. The summed E-state index contributed by atoms with van der Waals surface area (Å²) in [6.45, 7) is 0. The van der Waals surface area contributed by atoms with Crippen LogP contribution in [0.25, 0.3) is 12.2 Å². The molecule has 0 heterocycles. The third kappa shape index (κ3) is 9.23. The molecule has 0 aliphatic heterocycles. The summed E-state index contributed by atoms with van der Waals surface area (Å²) in [4.78, 5) is 55.5. The van der Waals surface area contributed by atoms with Crippen molar-refractivity contribution in [1.82, 2.24) is 21.6 Å². The fourth-order valence-corrected chi connectivity index (χ4v) is 2.31. The molecule has 2 aromatic rings. The Balaban J connectivity index is 0.000000342. The van der Waals surface area contributed by atoms with Crippen molar-refractivity contribution in [3.8, 4) is 0 Å². The Bertz CT molecular complexity index is 1110. The number of hydrazine groups is 2. The highest BCUT2D eigenvalue weighted by atomic mass is 16.5. The van der Waals surface area contributed by atoms with Gasteiger partial charge in [-0.25, -0.2) is 17.2 Å². The van der Waals surface area contributed by atoms with Crippen molar-refractivity contribution in [3.05, 3.63) is 82.9 Å². The minimum absolute atomic E-state index is 0.206. The molecular formula is C22H24N6O6. The van der Waals surface area contributed by atoms with Crippen LogP contribution in [0.4, 0.5) is 0 Å². The van der Waals surface area contributed by atoms with Gasteiger partial charge in [0.1, 0.15) is 0 Å². The summed E-state index contributed by atoms with van der Waals surface area (Å²) in [5, 5.41) is 10.7. The fourth-order valence-electron chi connectivity index (χ4n) is 2.31. The van der Waals surface area contributed by atoms with Crippen molar-refractivity contribution in [1.29, 1.82) is 0 Å². The average molecular weight is 468 g/mol. The second-order valence-electron chi connectivity index (χ2n) is 6.28. The van der Waals surface area contributed by atoms with E-state index in [-0.39, 0.29) is 11.5 Å². The largest absolute Gasteiger partial charge is 0.356 e. The van der Waals surface area contributed by atoms with Gasteiger partial charge in [-0.05, 0) is 41.5 Å². The molecule has 0 saturated carbocycles. The van der Waals surface area contributed by atoms with Crippen LogP contribution in [0.15, 0.2) is 60.7 Å². The predicted octanol–water partition coefficient (Wildman–Crippen LogP) is -0.573. The minimum atomic E-state index is -0.887. The van der Waals surface area contributed by atoms with Gasteiger partial charge in [0.2, 0.25) is 5.91 Å². The normalized spacial score (nSPS) is 10.1. The number of carbonyl (C=O) groups excluding carboxylic acids is 5. The lowest BCUT2D eigenvalue weighted by atomic mass is 10.1. The molecule has 12 heteroatoms. The average Bonchev–Trinajstić information content (AvgIpc) is 2.89. The van der Waals surface area contributed by atoms with E-state index in [1.807, 2.05) is 5.43 Å². The first kappa shape index (κ1) is 27.4. The summed E-state index contributed by atoms with van der Waals surface area (Å²) < 4.78 is 0. The number of hydrogen-bond acceptors (Lipinski definition) is 8. The Morgan fingerprint density at radius 3 is 1.82 bits per heavy atom. The minimum Gasteiger partial charge on any atom is -0.356 e. The van der Waals surface area contributed by atoms with Crippen LogP contribution < -0.4 is 33.3 Å². The van der Waals surface area contributed by atoms with Crippen LogP contribution in [-0.4, -0.2) is 41.7 Å². The van der Waals surface area contributed by atoms with Crippen LogP contribution in [0.3, 0.4) is 0 Å². The molecule has 0 spiro atoms. The zero-order chi connectivity index (χ0) is 25.5. The third-order valence-electron chi connectivity index (χ3n) is 3.98. The number of nitrogen functional groups attached to an aromatic ring is 1. The summed E-state index contributed by atoms with van der Waals surface area (Å²) in [5.41, 5.74) is 7.10. The Kier molecular flexibility index (Phi) is 11.6. The van der Waals surface area contributed by atoms with E-state index in [9.17, 15) is 24.0 Å². The SMILES string of the molecule is CNC(=O)/C=C/c1cccc(C(=O)C(=O)NN)c1.NNC(=O)c1cccc(/C=C/C(=O)NO)c1. The molecule has 2 rings (SSSR count). The fraction of sp³-hybridized carbons (Fsp3) is 0.0455. The van der Waals surface area contributed by atoms with E-state index in [2.05, 4.69) is 5.32 Å². The zero-order valence-electron chi connectivity index (χ0n) is 18.1. The summed E-state index contributed by atoms with van der Waals surface area (Å²) in [7, 11) is 1.51. The maximum Gasteiger partial charge on any atom is 0.306 e. The van der Waals surface area contributed by atoms with Crippen molar-refractivity contribution in [2.24, 2.45) is 11.7 Å². The molecule has 12 nitrogen and oxygen atoms in total. The molecule has 0 saturated heterocycles. The molecule has 34 heavy (non-hydrogen) atoms. The summed E-state index contributed by atoms with van der Waals surface area (Å²) in [6, 6.07) is 12.8. The monoisotopic (exact) mass is 468 g/mol. The van der Waals surface area contributed by atoms with Crippen LogP contribution in [0, 0.1) is 0 Å². The number of amides is 4. The lowest BCUT2D eigenvalue weighted by Crippen LogP contribution is -2.36. The van der Waals surface area contributed by atoms with E-state index in [4.69, 9.17) is 16.9 Å². The summed E-state index contributed by atoms with van der Waals surface area (Å²) in [6.07, 6.45) is 5.46. The quantitative estimate of drug-likeness (QED) is 0.0531. The number of ketones is 1. The maximum absolute atomic E-state index is 11.5. The van der Waals surface area contributed by atoms with Crippen molar-refractivity contribution in [2.45, 2.75) is 0 Å². The Morgan fingerprint density at radius 1 is 0.794 bits per heavy atom. The van der Waals surface area contributed by atoms with Gasteiger partial charge in [0.25, 0.3) is 17.6 Å². The van der Waals surface area contributed by atoms with E-state index in [1.54, 1.807) is 41.8 Å². The number of carbonyl (C=O) groups is 5.